The van der Waals surface area contributed by atoms with E-state index in [-0.39, 0.29) is 0 Å². The van der Waals surface area contributed by atoms with E-state index in [1.54, 1.807) is 19.5 Å². The molecule has 1 atom stereocenters. The van der Waals surface area contributed by atoms with E-state index in [0.717, 1.165) is 12.0 Å². The number of aliphatic hydroxyl groups is 1. The zero-order valence-electron chi connectivity index (χ0n) is 8.31. The van der Waals surface area contributed by atoms with Crippen molar-refractivity contribution in [2.24, 2.45) is 5.92 Å². The smallest absolute Gasteiger partial charge is 0.142 e. The molecule has 3 heteroatoms. The Morgan fingerprint density at radius 1 is 1.64 bits per heavy atom. The van der Waals surface area contributed by atoms with Gasteiger partial charge in [-0.15, -0.1) is 0 Å². The molecule has 2 rings (SSSR count). The first-order valence-corrected chi connectivity index (χ1v) is 4.97. The van der Waals surface area contributed by atoms with E-state index >= 15 is 0 Å². The summed E-state index contributed by atoms with van der Waals surface area (Å²) in [4.78, 5) is 3.96. The summed E-state index contributed by atoms with van der Waals surface area (Å²) >= 11 is 0. The molecule has 0 spiro atoms. The second kappa shape index (κ2) is 3.96. The second-order valence-corrected chi connectivity index (χ2v) is 3.81. The van der Waals surface area contributed by atoms with Gasteiger partial charge in [0.05, 0.1) is 19.4 Å². The van der Waals surface area contributed by atoms with E-state index in [1.165, 1.54) is 12.8 Å². The molecule has 0 amide bonds. The van der Waals surface area contributed by atoms with Gasteiger partial charge in [0.15, 0.2) is 0 Å². The Balaban J connectivity index is 2.11. The normalized spacial score (nSPS) is 17.9. The predicted octanol–water partition coefficient (Wildman–Crippen LogP) is 1.92. The largest absolute Gasteiger partial charge is 0.495 e. The molecule has 1 saturated carbocycles. The molecule has 3 nitrogen and oxygen atoms in total. The van der Waals surface area contributed by atoms with Crippen LogP contribution in [0, 0.1) is 5.92 Å². The van der Waals surface area contributed by atoms with Crippen molar-refractivity contribution >= 4 is 0 Å². The molecule has 14 heavy (non-hydrogen) atoms. The first-order valence-electron chi connectivity index (χ1n) is 4.97. The third-order valence-electron chi connectivity index (χ3n) is 2.65. The van der Waals surface area contributed by atoms with Crippen molar-refractivity contribution in [1.82, 2.24) is 4.98 Å². The SMILES string of the molecule is COc1cnccc1C(O)CC1CC1. The summed E-state index contributed by atoms with van der Waals surface area (Å²) in [7, 11) is 1.60. The standard InChI is InChI=1S/C11H15NO2/c1-14-11-7-12-5-4-9(11)10(13)6-8-2-3-8/h4-5,7-8,10,13H,2-3,6H2,1H3. The molecule has 0 bridgehead atoms. The lowest BCUT2D eigenvalue weighted by atomic mass is 10.0. The van der Waals surface area contributed by atoms with Crippen LogP contribution in [-0.2, 0) is 0 Å². The van der Waals surface area contributed by atoms with Crippen LogP contribution in [0.3, 0.4) is 0 Å². The van der Waals surface area contributed by atoms with Gasteiger partial charge >= 0.3 is 0 Å². The van der Waals surface area contributed by atoms with Gasteiger partial charge < -0.3 is 9.84 Å². The van der Waals surface area contributed by atoms with Gasteiger partial charge in [0.2, 0.25) is 0 Å². The fourth-order valence-electron chi connectivity index (χ4n) is 1.63. The van der Waals surface area contributed by atoms with Gasteiger partial charge in [-0.25, -0.2) is 0 Å². The highest BCUT2D eigenvalue weighted by molar-refractivity contribution is 5.31. The number of methoxy groups -OCH3 is 1. The fourth-order valence-corrected chi connectivity index (χ4v) is 1.63. The lowest BCUT2D eigenvalue weighted by Gasteiger charge is -2.13. The summed E-state index contributed by atoms with van der Waals surface area (Å²) in [6, 6.07) is 1.83. The maximum Gasteiger partial charge on any atom is 0.142 e. The molecule has 76 valence electrons. The summed E-state index contributed by atoms with van der Waals surface area (Å²) in [6.07, 6.45) is 6.29. The van der Waals surface area contributed by atoms with Gasteiger partial charge in [-0.2, -0.15) is 0 Å². The van der Waals surface area contributed by atoms with Crippen LogP contribution in [0.4, 0.5) is 0 Å². The lowest BCUT2D eigenvalue weighted by molar-refractivity contribution is 0.156. The Morgan fingerprint density at radius 3 is 3.07 bits per heavy atom. The average molecular weight is 193 g/mol. The molecule has 1 aliphatic carbocycles. The van der Waals surface area contributed by atoms with Crippen LogP contribution >= 0.6 is 0 Å². The van der Waals surface area contributed by atoms with Crippen LogP contribution in [0.15, 0.2) is 18.5 Å². The molecule has 0 aromatic carbocycles. The van der Waals surface area contributed by atoms with Gasteiger partial charge in [0, 0.05) is 11.8 Å². The van der Waals surface area contributed by atoms with E-state index in [9.17, 15) is 5.11 Å². The van der Waals surface area contributed by atoms with Crippen molar-refractivity contribution in [2.75, 3.05) is 7.11 Å². The number of nitrogens with zero attached hydrogens (tertiary/aromatic N) is 1. The molecule has 1 aromatic heterocycles. The number of ether oxygens (including phenoxy) is 1. The Morgan fingerprint density at radius 2 is 2.43 bits per heavy atom. The summed E-state index contributed by atoms with van der Waals surface area (Å²) in [5, 5.41) is 9.94. The van der Waals surface area contributed by atoms with Gasteiger partial charge in [-0.1, -0.05) is 12.8 Å². The molecule has 0 saturated heterocycles. The molecule has 0 radical (unpaired) electrons. The number of rotatable bonds is 4. The summed E-state index contributed by atoms with van der Waals surface area (Å²) in [5.41, 5.74) is 0.856. The maximum atomic E-state index is 9.94. The predicted molar refractivity (Wildman–Crippen MR) is 53.1 cm³/mol. The van der Waals surface area contributed by atoms with Gasteiger partial charge in [-0.3, -0.25) is 4.98 Å². The van der Waals surface area contributed by atoms with Crippen molar-refractivity contribution in [2.45, 2.75) is 25.4 Å². The first kappa shape index (κ1) is 9.46. The van der Waals surface area contributed by atoms with Crippen LogP contribution in [0.5, 0.6) is 5.75 Å². The minimum atomic E-state index is -0.402. The van der Waals surface area contributed by atoms with Crippen molar-refractivity contribution in [3.8, 4) is 5.75 Å². The molecular weight excluding hydrogens is 178 g/mol. The van der Waals surface area contributed by atoms with Gasteiger partial charge in [0.25, 0.3) is 0 Å². The number of aromatic nitrogens is 1. The zero-order valence-corrected chi connectivity index (χ0v) is 8.31. The maximum absolute atomic E-state index is 9.94. The number of hydrogen-bond donors (Lipinski definition) is 1. The van der Waals surface area contributed by atoms with Crippen LogP contribution in [-0.4, -0.2) is 17.2 Å². The highest BCUT2D eigenvalue weighted by atomic mass is 16.5. The fraction of sp³-hybridized carbons (Fsp3) is 0.545. The molecule has 1 N–H and O–H groups in total. The van der Waals surface area contributed by atoms with Crippen molar-refractivity contribution in [1.29, 1.82) is 0 Å². The topological polar surface area (TPSA) is 42.4 Å². The molecule has 1 aromatic rings. The zero-order chi connectivity index (χ0) is 9.97. The van der Waals surface area contributed by atoms with Crippen LogP contribution in [0.2, 0.25) is 0 Å². The van der Waals surface area contributed by atoms with Crippen molar-refractivity contribution in [3.05, 3.63) is 24.0 Å². The highest BCUT2D eigenvalue weighted by Gasteiger charge is 2.26. The quantitative estimate of drug-likeness (QED) is 0.794. The molecule has 1 heterocycles. The minimum Gasteiger partial charge on any atom is -0.495 e. The molecular formula is C11H15NO2. The minimum absolute atomic E-state index is 0.402. The Hall–Kier alpha value is -1.09. The lowest BCUT2D eigenvalue weighted by Crippen LogP contribution is -2.01. The van der Waals surface area contributed by atoms with E-state index in [1.807, 2.05) is 6.07 Å². The van der Waals surface area contributed by atoms with E-state index in [0.29, 0.717) is 11.7 Å². The summed E-state index contributed by atoms with van der Waals surface area (Å²) in [6.45, 7) is 0. The summed E-state index contributed by atoms with van der Waals surface area (Å²) < 4.78 is 5.15. The Kier molecular flexibility index (Phi) is 2.68. The van der Waals surface area contributed by atoms with Crippen LogP contribution < -0.4 is 4.74 Å². The van der Waals surface area contributed by atoms with E-state index < -0.39 is 6.10 Å². The van der Waals surface area contributed by atoms with Crippen LogP contribution in [0.1, 0.15) is 30.9 Å². The number of pyridine rings is 1. The van der Waals surface area contributed by atoms with Gasteiger partial charge in [0.1, 0.15) is 5.75 Å². The van der Waals surface area contributed by atoms with E-state index in [4.69, 9.17) is 4.74 Å². The van der Waals surface area contributed by atoms with Crippen LogP contribution in [0.25, 0.3) is 0 Å². The first-order chi connectivity index (χ1) is 6.81. The monoisotopic (exact) mass is 193 g/mol. The number of aliphatic hydroxyl groups excluding tert-OH is 1. The molecule has 0 aliphatic heterocycles. The van der Waals surface area contributed by atoms with E-state index in [2.05, 4.69) is 4.98 Å². The summed E-state index contributed by atoms with van der Waals surface area (Å²) in [5.74, 6) is 1.39. The second-order valence-electron chi connectivity index (χ2n) is 3.81. The Labute approximate surface area is 83.7 Å². The average Bonchev–Trinajstić information content (AvgIpc) is 3.01. The van der Waals surface area contributed by atoms with Crippen molar-refractivity contribution < 1.29 is 9.84 Å². The van der Waals surface area contributed by atoms with Gasteiger partial charge in [-0.05, 0) is 18.4 Å². The third-order valence-corrected chi connectivity index (χ3v) is 2.65. The molecule has 1 fully saturated rings. The third kappa shape index (κ3) is 2.04. The molecule has 1 aliphatic rings. The highest BCUT2D eigenvalue weighted by Crippen LogP contribution is 2.39. The Bertz CT molecular complexity index is 310. The number of hydrogen-bond acceptors (Lipinski definition) is 3. The molecule has 1 unspecified atom stereocenters. The van der Waals surface area contributed by atoms with Crippen molar-refractivity contribution in [3.63, 3.8) is 0 Å².